The van der Waals surface area contributed by atoms with E-state index in [1.807, 2.05) is 24.4 Å². The molecule has 2 heterocycles. The van der Waals surface area contributed by atoms with Gasteiger partial charge in [0.2, 0.25) is 5.95 Å². The van der Waals surface area contributed by atoms with E-state index in [0.717, 1.165) is 41.0 Å². The molecule has 0 unspecified atom stereocenters. The lowest BCUT2D eigenvalue weighted by Gasteiger charge is -2.16. The maximum absolute atomic E-state index is 11.9. The molecule has 0 radical (unpaired) electrons. The average molecular weight is 464 g/mol. The Balaban J connectivity index is 1.49. The monoisotopic (exact) mass is 463 g/mol. The lowest BCUT2D eigenvalue weighted by Crippen LogP contribution is -2.07. The molecule has 1 aliphatic rings. The van der Waals surface area contributed by atoms with E-state index in [-0.39, 0.29) is 4.90 Å². The lowest BCUT2D eigenvalue weighted by molar-refractivity contribution is 0.415. The smallest absolute Gasteiger partial charge is 0.227 e. The molecule has 0 amide bonds. The fourth-order valence-corrected chi connectivity index (χ4v) is 5.62. The van der Waals surface area contributed by atoms with Crippen LogP contribution < -0.4 is 10.1 Å². The van der Waals surface area contributed by atoms with Gasteiger partial charge in [-0.1, -0.05) is 18.2 Å². The van der Waals surface area contributed by atoms with Crippen LogP contribution >= 0.6 is 11.3 Å². The largest absolute Gasteiger partial charge is 0.497 e. The minimum Gasteiger partial charge on any atom is -0.497 e. The molecule has 6 nitrogen and oxygen atoms in total. The third kappa shape index (κ3) is 3.99. The Labute approximate surface area is 190 Å². The fourth-order valence-electron chi connectivity index (χ4n) is 3.80. The Bertz CT molecular complexity index is 1430. The molecule has 8 heteroatoms. The van der Waals surface area contributed by atoms with E-state index >= 15 is 0 Å². The van der Waals surface area contributed by atoms with Gasteiger partial charge in [-0.2, -0.15) is 0 Å². The number of methoxy groups -OCH3 is 1. The summed E-state index contributed by atoms with van der Waals surface area (Å²) in [6.45, 7) is 0. The molecule has 0 atom stereocenters. The maximum Gasteiger partial charge on any atom is 0.227 e. The van der Waals surface area contributed by atoms with Crippen molar-refractivity contribution >= 4 is 32.8 Å². The number of rotatable bonds is 5. The van der Waals surface area contributed by atoms with E-state index in [2.05, 4.69) is 22.4 Å². The highest BCUT2D eigenvalue weighted by molar-refractivity contribution is 7.90. The van der Waals surface area contributed by atoms with Crippen LogP contribution in [0.2, 0.25) is 0 Å². The van der Waals surface area contributed by atoms with Gasteiger partial charge >= 0.3 is 0 Å². The lowest BCUT2D eigenvalue weighted by atomic mass is 9.96. The van der Waals surface area contributed by atoms with E-state index in [1.165, 1.54) is 16.0 Å². The summed E-state index contributed by atoms with van der Waals surface area (Å²) in [5.41, 5.74) is 4.92. The first kappa shape index (κ1) is 20.7. The second kappa shape index (κ2) is 8.03. The minimum absolute atomic E-state index is 0.253. The molecule has 0 saturated heterocycles. The van der Waals surface area contributed by atoms with Crippen LogP contribution in [0.15, 0.2) is 65.7 Å². The van der Waals surface area contributed by atoms with E-state index in [9.17, 15) is 8.42 Å². The first-order valence-corrected chi connectivity index (χ1v) is 12.8. The van der Waals surface area contributed by atoms with Crippen molar-refractivity contribution in [2.75, 3.05) is 18.7 Å². The van der Waals surface area contributed by atoms with E-state index in [1.54, 1.807) is 42.7 Å². The highest BCUT2D eigenvalue weighted by Crippen LogP contribution is 2.42. The van der Waals surface area contributed by atoms with Gasteiger partial charge in [0.25, 0.3) is 0 Å². The Kier molecular flexibility index (Phi) is 5.19. The second-order valence-corrected chi connectivity index (χ2v) is 10.8. The first-order valence-electron chi connectivity index (χ1n) is 10.1. The zero-order valence-electron chi connectivity index (χ0n) is 17.6. The van der Waals surface area contributed by atoms with Gasteiger partial charge in [-0.3, -0.25) is 0 Å². The number of benzene rings is 2. The molecule has 4 aromatic rings. The van der Waals surface area contributed by atoms with Crippen molar-refractivity contribution in [1.82, 2.24) is 9.97 Å². The Morgan fingerprint density at radius 2 is 1.91 bits per heavy atom. The van der Waals surface area contributed by atoms with E-state index < -0.39 is 9.84 Å². The summed E-state index contributed by atoms with van der Waals surface area (Å²) in [7, 11) is -1.62. The fraction of sp³-hybridized carbons (Fsp3) is 0.167. The van der Waals surface area contributed by atoms with Crippen LogP contribution in [0.1, 0.15) is 10.4 Å². The van der Waals surface area contributed by atoms with Gasteiger partial charge in [0.05, 0.1) is 17.7 Å². The van der Waals surface area contributed by atoms with Crippen LogP contribution in [0.25, 0.3) is 21.7 Å². The highest BCUT2D eigenvalue weighted by atomic mass is 32.2. The van der Waals surface area contributed by atoms with Crippen molar-refractivity contribution in [3.63, 3.8) is 0 Å². The molecule has 0 fully saturated rings. The number of nitrogens with one attached hydrogen (secondary N) is 1. The molecule has 2 aromatic carbocycles. The number of thiophene rings is 1. The van der Waals surface area contributed by atoms with Crippen molar-refractivity contribution in [3.8, 4) is 27.4 Å². The van der Waals surface area contributed by atoms with Crippen molar-refractivity contribution in [1.29, 1.82) is 0 Å². The van der Waals surface area contributed by atoms with Crippen LogP contribution in [0.3, 0.4) is 0 Å². The molecule has 1 N–H and O–H groups in total. The Hall–Kier alpha value is -3.23. The summed E-state index contributed by atoms with van der Waals surface area (Å²) in [5.74, 6) is 1.27. The molecule has 0 saturated carbocycles. The molecule has 32 heavy (non-hydrogen) atoms. The van der Waals surface area contributed by atoms with Crippen molar-refractivity contribution in [2.45, 2.75) is 17.7 Å². The van der Waals surface area contributed by atoms with Crippen molar-refractivity contribution in [3.05, 3.63) is 71.2 Å². The van der Waals surface area contributed by atoms with Gasteiger partial charge in [0.1, 0.15) is 5.75 Å². The molecule has 0 spiro atoms. The van der Waals surface area contributed by atoms with Crippen LogP contribution in [0.5, 0.6) is 5.75 Å². The van der Waals surface area contributed by atoms with Crippen LogP contribution in [-0.4, -0.2) is 31.8 Å². The predicted octanol–water partition coefficient (Wildman–Crippen LogP) is 5.13. The number of sulfone groups is 1. The molecule has 0 bridgehead atoms. The van der Waals surface area contributed by atoms with Gasteiger partial charge in [-0.25, -0.2) is 18.4 Å². The number of fused-ring (bicyclic) bond motifs is 3. The quantitative estimate of drug-likeness (QED) is 0.442. The third-order valence-corrected chi connectivity index (χ3v) is 7.78. The van der Waals surface area contributed by atoms with Gasteiger partial charge in [0.15, 0.2) is 9.84 Å². The summed E-state index contributed by atoms with van der Waals surface area (Å²) < 4.78 is 29.1. The number of aromatic nitrogens is 2. The molecular formula is C24H21N3O3S2. The standard InChI is InChI=1S/C24H21N3O3S2/c1-30-18-7-3-5-15(11-18)22-13-20-21(31-22)10-9-16-14-25-24(27-23(16)20)26-17-6-4-8-19(12-17)32(2,28)29/h3-8,11-14H,9-10H2,1-2H3,(H,25,26,27). The number of hydrogen-bond acceptors (Lipinski definition) is 7. The van der Waals surface area contributed by atoms with Crippen molar-refractivity contribution in [2.24, 2.45) is 0 Å². The second-order valence-electron chi connectivity index (χ2n) is 7.67. The zero-order chi connectivity index (χ0) is 22.3. The highest BCUT2D eigenvalue weighted by Gasteiger charge is 2.22. The molecule has 1 aliphatic carbocycles. The van der Waals surface area contributed by atoms with Gasteiger partial charge in [0, 0.05) is 33.5 Å². The van der Waals surface area contributed by atoms with E-state index in [4.69, 9.17) is 9.72 Å². The number of ether oxygens (including phenoxy) is 1. The number of anilines is 2. The Morgan fingerprint density at radius 1 is 1.06 bits per heavy atom. The molecule has 0 aliphatic heterocycles. The normalized spacial score (nSPS) is 12.7. The SMILES string of the molecule is COc1cccc(-c2cc3c(s2)CCc2cnc(Nc4cccc(S(C)(=O)=O)c4)nc2-3)c1. The summed E-state index contributed by atoms with van der Waals surface area (Å²) in [6.07, 6.45) is 4.91. The summed E-state index contributed by atoms with van der Waals surface area (Å²) >= 11 is 1.78. The minimum atomic E-state index is -3.29. The summed E-state index contributed by atoms with van der Waals surface area (Å²) in [6, 6.07) is 16.9. The molecule has 2 aromatic heterocycles. The van der Waals surface area contributed by atoms with Crippen LogP contribution in [-0.2, 0) is 22.7 Å². The van der Waals surface area contributed by atoms with Gasteiger partial charge in [-0.05, 0) is 60.4 Å². The summed E-state index contributed by atoms with van der Waals surface area (Å²) in [5, 5.41) is 3.15. The third-order valence-electron chi connectivity index (χ3n) is 5.42. The van der Waals surface area contributed by atoms with Crippen LogP contribution in [0, 0.1) is 0 Å². The van der Waals surface area contributed by atoms with E-state index in [0.29, 0.717) is 11.6 Å². The topological polar surface area (TPSA) is 81.2 Å². The van der Waals surface area contributed by atoms with Gasteiger partial charge < -0.3 is 10.1 Å². The van der Waals surface area contributed by atoms with Crippen molar-refractivity contribution < 1.29 is 13.2 Å². The first-order chi connectivity index (χ1) is 15.4. The maximum atomic E-state index is 11.9. The number of aryl methyl sites for hydroxylation is 2. The molecular weight excluding hydrogens is 442 g/mol. The number of nitrogens with zero attached hydrogens (tertiary/aromatic N) is 2. The zero-order valence-corrected chi connectivity index (χ0v) is 19.3. The predicted molar refractivity (Wildman–Crippen MR) is 128 cm³/mol. The molecule has 162 valence electrons. The summed E-state index contributed by atoms with van der Waals surface area (Å²) in [4.78, 5) is 12.0. The van der Waals surface area contributed by atoms with Crippen LogP contribution in [0.4, 0.5) is 11.6 Å². The molecule has 5 rings (SSSR count). The average Bonchev–Trinajstić information content (AvgIpc) is 3.24. The Morgan fingerprint density at radius 3 is 2.72 bits per heavy atom. The number of hydrogen-bond donors (Lipinski definition) is 1. The van der Waals surface area contributed by atoms with Gasteiger partial charge in [-0.15, -0.1) is 11.3 Å².